The number of benzene rings is 2. The number of carbonyl (C=O) groups is 6. The highest BCUT2D eigenvalue weighted by Gasteiger charge is 2.49. The van der Waals surface area contributed by atoms with Crippen molar-refractivity contribution in [1.29, 1.82) is 0 Å². The topological polar surface area (TPSA) is 278 Å². The molecule has 1 aliphatic rings. The molecule has 7 atom stereocenters. The van der Waals surface area contributed by atoms with Crippen LogP contribution in [0.1, 0.15) is 58.6 Å². The molecule has 320 valence electrons. The van der Waals surface area contributed by atoms with E-state index in [-0.39, 0.29) is 26.0 Å². The first-order valence-electron chi connectivity index (χ1n) is 18.9. The summed E-state index contributed by atoms with van der Waals surface area (Å²) >= 11 is 0. The second kappa shape index (κ2) is 22.4. The summed E-state index contributed by atoms with van der Waals surface area (Å²) in [6.07, 6.45) is -7.42. The number of hydrogen-bond acceptors (Lipinski definition) is 12. The van der Waals surface area contributed by atoms with E-state index >= 15 is 0 Å². The molecule has 19 heteroatoms. The highest BCUT2D eigenvalue weighted by atomic mass is 16.7. The van der Waals surface area contributed by atoms with Crippen LogP contribution >= 0.6 is 0 Å². The Kier molecular flexibility index (Phi) is 18.1. The highest BCUT2D eigenvalue weighted by molar-refractivity contribution is 5.98. The quantitative estimate of drug-likeness (QED) is 0.0960. The second-order valence-electron chi connectivity index (χ2n) is 15.0. The molecule has 0 bridgehead atoms. The molecule has 1 heterocycles. The Morgan fingerprint density at radius 2 is 1.52 bits per heavy atom. The first-order chi connectivity index (χ1) is 27.4. The maximum atomic E-state index is 13.7. The Bertz CT molecular complexity index is 1670. The molecule has 19 nitrogen and oxygen atoms in total. The number of primary amides is 1. The fourth-order valence-electron chi connectivity index (χ4n) is 5.76. The van der Waals surface area contributed by atoms with Gasteiger partial charge >= 0.3 is 18.2 Å². The molecule has 0 saturated carbocycles. The number of ether oxygens (including phenoxy) is 4. The number of amides is 7. The van der Waals surface area contributed by atoms with Crippen LogP contribution in [0.3, 0.4) is 0 Å². The third-order valence-electron chi connectivity index (χ3n) is 8.74. The average Bonchev–Trinajstić information content (AvgIpc) is 3.16. The van der Waals surface area contributed by atoms with Crippen molar-refractivity contribution >= 4 is 41.6 Å². The Morgan fingerprint density at radius 1 is 0.845 bits per heavy atom. The van der Waals surface area contributed by atoms with Gasteiger partial charge in [0.05, 0.1) is 0 Å². The van der Waals surface area contributed by atoms with Gasteiger partial charge in [0.15, 0.2) is 12.4 Å². The first kappa shape index (κ1) is 46.9. The molecule has 0 aliphatic carbocycles. The van der Waals surface area contributed by atoms with Crippen LogP contribution < -0.4 is 37.6 Å². The van der Waals surface area contributed by atoms with Gasteiger partial charge in [-0.15, -0.1) is 0 Å². The summed E-state index contributed by atoms with van der Waals surface area (Å²) in [6.45, 7) is 8.96. The predicted molar refractivity (Wildman–Crippen MR) is 210 cm³/mol. The molecule has 2 aromatic rings. The number of alkyl carbamates (subject to hydrolysis) is 2. The zero-order chi connectivity index (χ0) is 43.0. The van der Waals surface area contributed by atoms with E-state index in [0.29, 0.717) is 24.2 Å². The summed E-state index contributed by atoms with van der Waals surface area (Å²) in [5.41, 5.74) is 6.55. The minimum Gasteiger partial charge on any atom is -0.445 e. The van der Waals surface area contributed by atoms with Crippen LogP contribution in [0.5, 0.6) is 0 Å². The largest absolute Gasteiger partial charge is 0.445 e. The number of carbonyl (C=O) groups excluding carboxylic acids is 6. The molecule has 10 N–H and O–H groups in total. The number of aliphatic hydroxyl groups is 2. The van der Waals surface area contributed by atoms with E-state index in [1.54, 1.807) is 89.2 Å². The first-order valence-corrected chi connectivity index (χ1v) is 18.9. The molecule has 0 radical (unpaired) electrons. The van der Waals surface area contributed by atoms with Gasteiger partial charge in [0, 0.05) is 25.9 Å². The van der Waals surface area contributed by atoms with Crippen molar-refractivity contribution in [3.63, 3.8) is 0 Å². The standard InChI is InChI=1S/C39H57N7O12/c1-22(2)27(45-34(51)31-30(48)29(47)28(35(55-6)57-31)46-38(54)56-21-24-11-8-7-9-12-24)33(50)44-26(13-10-19-41-36(40)52)32(49)43-25-16-14-23(15-17-25)18-20-42-37(53)58-39(3,4)5/h7-9,11-12,14-17,22,26-31,35,47-48H,10,13,18-21H2,1-6H3,(H,42,53)(H,43,49)(H,44,50)(H,45,51)(H,46,54)(H3,40,41,52)/t26?,27-,28?,29-,30?,31+,35?/m1/s1. The van der Waals surface area contributed by atoms with Crippen LogP contribution in [0, 0.1) is 5.92 Å². The van der Waals surface area contributed by atoms with E-state index in [4.69, 9.17) is 24.7 Å². The summed E-state index contributed by atoms with van der Waals surface area (Å²) < 4.78 is 21.4. The molecule has 0 aromatic heterocycles. The zero-order valence-corrected chi connectivity index (χ0v) is 33.6. The van der Waals surface area contributed by atoms with Crippen LogP contribution in [0.15, 0.2) is 54.6 Å². The van der Waals surface area contributed by atoms with E-state index in [2.05, 4.69) is 31.9 Å². The lowest BCUT2D eigenvalue weighted by molar-refractivity contribution is -0.251. The summed E-state index contributed by atoms with van der Waals surface area (Å²) in [5, 5.41) is 37.4. The van der Waals surface area contributed by atoms with E-state index in [0.717, 1.165) is 5.56 Å². The molecular weight excluding hydrogens is 758 g/mol. The normalized spacial score (nSPS) is 20.1. The molecule has 4 unspecified atom stereocenters. The number of nitrogens with one attached hydrogen (secondary N) is 6. The highest BCUT2D eigenvalue weighted by Crippen LogP contribution is 2.23. The number of rotatable bonds is 18. The average molecular weight is 816 g/mol. The molecule has 0 spiro atoms. The minimum atomic E-state index is -1.87. The lowest BCUT2D eigenvalue weighted by atomic mass is 9.95. The molecule has 58 heavy (non-hydrogen) atoms. The minimum absolute atomic E-state index is 0.0688. The van der Waals surface area contributed by atoms with Gasteiger partial charge in [-0.05, 0) is 69.2 Å². The molecule has 1 aliphatic heterocycles. The van der Waals surface area contributed by atoms with E-state index < -0.39 is 90.2 Å². The van der Waals surface area contributed by atoms with Gasteiger partial charge in [0.1, 0.15) is 42.5 Å². The van der Waals surface area contributed by atoms with Gasteiger partial charge in [0.2, 0.25) is 11.8 Å². The van der Waals surface area contributed by atoms with Crippen molar-refractivity contribution in [3.8, 4) is 0 Å². The third-order valence-corrected chi connectivity index (χ3v) is 8.74. The molecule has 1 saturated heterocycles. The van der Waals surface area contributed by atoms with Crippen molar-refractivity contribution in [2.45, 2.75) is 109 Å². The summed E-state index contributed by atoms with van der Waals surface area (Å²) in [6, 6.07) is 11.2. The summed E-state index contributed by atoms with van der Waals surface area (Å²) in [4.78, 5) is 76.5. The van der Waals surface area contributed by atoms with E-state index in [1.165, 1.54) is 7.11 Å². The summed E-state index contributed by atoms with van der Waals surface area (Å²) in [5.74, 6) is -2.84. The smallest absolute Gasteiger partial charge is 0.407 e. The number of anilines is 1. The van der Waals surface area contributed by atoms with Gasteiger partial charge in [-0.2, -0.15) is 0 Å². The molecule has 1 fully saturated rings. The monoisotopic (exact) mass is 815 g/mol. The van der Waals surface area contributed by atoms with Crippen molar-refractivity contribution in [2.75, 3.05) is 25.5 Å². The van der Waals surface area contributed by atoms with Gasteiger partial charge < -0.3 is 66.8 Å². The second-order valence-corrected chi connectivity index (χ2v) is 15.0. The lowest BCUT2D eigenvalue weighted by Gasteiger charge is -2.41. The Labute approximate surface area is 337 Å². The van der Waals surface area contributed by atoms with Crippen LogP contribution in [0.4, 0.5) is 20.1 Å². The Morgan fingerprint density at radius 3 is 2.12 bits per heavy atom. The molecule has 3 rings (SSSR count). The van der Waals surface area contributed by atoms with Gasteiger partial charge in [-0.25, -0.2) is 14.4 Å². The Hall–Kier alpha value is -5.50. The molecule has 7 amide bonds. The van der Waals surface area contributed by atoms with E-state index in [9.17, 15) is 39.0 Å². The lowest BCUT2D eigenvalue weighted by Crippen LogP contribution is -2.67. The number of methoxy groups -OCH3 is 1. The van der Waals surface area contributed by atoms with Crippen LogP contribution in [-0.2, 0) is 46.4 Å². The van der Waals surface area contributed by atoms with E-state index in [1.807, 2.05) is 0 Å². The maximum absolute atomic E-state index is 13.7. The third kappa shape index (κ3) is 15.4. The fraction of sp³-hybridized carbons (Fsp3) is 0.538. The van der Waals surface area contributed by atoms with Crippen LogP contribution in [0.2, 0.25) is 0 Å². The fourth-order valence-corrected chi connectivity index (χ4v) is 5.76. The number of hydrogen-bond donors (Lipinski definition) is 9. The maximum Gasteiger partial charge on any atom is 0.407 e. The van der Waals surface area contributed by atoms with Crippen LogP contribution in [0.25, 0.3) is 0 Å². The number of aliphatic hydroxyl groups excluding tert-OH is 2. The van der Waals surface area contributed by atoms with Crippen molar-refractivity contribution in [1.82, 2.24) is 26.6 Å². The SMILES string of the molecule is COC1O[C@H](C(=O)N[C@@H](C(=O)NC(CCCNC(N)=O)C(=O)Nc2ccc(CCNC(=O)OC(C)(C)C)cc2)C(C)C)C(O)[C@H](O)C1NC(=O)OCc1ccccc1. The van der Waals surface area contributed by atoms with Crippen LogP contribution in [-0.4, -0.2) is 115 Å². The zero-order valence-electron chi connectivity index (χ0n) is 33.6. The van der Waals surface area contributed by atoms with Crippen molar-refractivity contribution < 1.29 is 57.9 Å². The number of urea groups is 1. The molecular formula is C39H57N7O12. The predicted octanol–water partition coefficient (Wildman–Crippen LogP) is 1.15. The summed E-state index contributed by atoms with van der Waals surface area (Å²) in [7, 11) is 1.21. The van der Waals surface area contributed by atoms with Crippen molar-refractivity contribution in [3.05, 3.63) is 65.7 Å². The van der Waals surface area contributed by atoms with Crippen molar-refractivity contribution in [2.24, 2.45) is 11.7 Å². The van der Waals surface area contributed by atoms with Gasteiger partial charge in [0.25, 0.3) is 5.91 Å². The van der Waals surface area contributed by atoms with Gasteiger partial charge in [-0.3, -0.25) is 14.4 Å². The Balaban J connectivity index is 1.64. The number of nitrogens with two attached hydrogens (primary N) is 1. The molecule has 2 aromatic carbocycles. The van der Waals surface area contributed by atoms with Gasteiger partial charge in [-0.1, -0.05) is 56.3 Å².